The lowest BCUT2D eigenvalue weighted by Crippen LogP contribution is -2.43. The molecule has 0 bridgehead atoms. The van der Waals surface area contributed by atoms with Gasteiger partial charge in [-0.3, -0.25) is 4.79 Å². The van der Waals surface area contributed by atoms with E-state index in [1.807, 2.05) is 37.3 Å². The minimum Gasteiger partial charge on any atom is -0.467 e. The van der Waals surface area contributed by atoms with Gasteiger partial charge >= 0.3 is 5.97 Å². The molecule has 0 saturated heterocycles. The van der Waals surface area contributed by atoms with Gasteiger partial charge in [-0.2, -0.15) is 0 Å². The van der Waals surface area contributed by atoms with E-state index in [0.717, 1.165) is 17.7 Å². The SMILES string of the molecule is CCCSc1ncc(Cl)c(C(=O)N[C@H](Cc2ccccc2)C(=O)OC)n1. The van der Waals surface area contributed by atoms with Crippen LogP contribution in [0, 0.1) is 0 Å². The lowest BCUT2D eigenvalue weighted by Gasteiger charge is -2.17. The van der Waals surface area contributed by atoms with E-state index in [9.17, 15) is 9.59 Å². The Balaban J connectivity index is 2.17. The first-order chi connectivity index (χ1) is 12.5. The average Bonchev–Trinajstić information content (AvgIpc) is 2.66. The monoisotopic (exact) mass is 393 g/mol. The van der Waals surface area contributed by atoms with Crippen LogP contribution in [0.3, 0.4) is 0 Å². The molecule has 0 spiro atoms. The van der Waals surface area contributed by atoms with Crippen LogP contribution in [0.25, 0.3) is 0 Å². The molecule has 1 heterocycles. The summed E-state index contributed by atoms with van der Waals surface area (Å²) in [5.41, 5.74) is 0.943. The molecule has 2 aromatic rings. The Morgan fingerprint density at radius 3 is 2.69 bits per heavy atom. The van der Waals surface area contributed by atoms with Gasteiger partial charge in [0.05, 0.1) is 18.3 Å². The van der Waals surface area contributed by atoms with E-state index in [-0.39, 0.29) is 10.7 Å². The number of aromatic nitrogens is 2. The van der Waals surface area contributed by atoms with Gasteiger partial charge in [0, 0.05) is 12.2 Å². The van der Waals surface area contributed by atoms with Crippen molar-refractivity contribution >= 4 is 35.2 Å². The van der Waals surface area contributed by atoms with Crippen LogP contribution in [0.4, 0.5) is 0 Å². The number of carbonyl (C=O) groups excluding carboxylic acids is 2. The van der Waals surface area contributed by atoms with Crippen molar-refractivity contribution in [2.45, 2.75) is 31.0 Å². The van der Waals surface area contributed by atoms with Gasteiger partial charge < -0.3 is 10.1 Å². The largest absolute Gasteiger partial charge is 0.467 e. The van der Waals surface area contributed by atoms with Crippen LogP contribution in [-0.4, -0.2) is 40.7 Å². The van der Waals surface area contributed by atoms with Crippen molar-refractivity contribution in [3.63, 3.8) is 0 Å². The van der Waals surface area contributed by atoms with Crippen molar-refractivity contribution < 1.29 is 14.3 Å². The van der Waals surface area contributed by atoms with Crippen molar-refractivity contribution in [1.29, 1.82) is 0 Å². The number of benzene rings is 1. The summed E-state index contributed by atoms with van der Waals surface area (Å²) in [4.78, 5) is 33.0. The Bertz CT molecular complexity index is 759. The second-order valence-corrected chi connectivity index (χ2v) is 6.91. The van der Waals surface area contributed by atoms with Gasteiger partial charge in [0.25, 0.3) is 5.91 Å². The molecule has 0 aliphatic carbocycles. The summed E-state index contributed by atoms with van der Waals surface area (Å²) in [6.07, 6.45) is 2.66. The van der Waals surface area contributed by atoms with Gasteiger partial charge in [0.15, 0.2) is 10.9 Å². The van der Waals surface area contributed by atoms with E-state index in [1.54, 1.807) is 0 Å². The van der Waals surface area contributed by atoms with Crippen LogP contribution >= 0.6 is 23.4 Å². The number of methoxy groups -OCH3 is 1. The number of amides is 1. The van der Waals surface area contributed by atoms with E-state index in [1.165, 1.54) is 25.1 Å². The molecule has 0 aliphatic heterocycles. The number of carbonyl (C=O) groups is 2. The zero-order chi connectivity index (χ0) is 18.9. The molecule has 26 heavy (non-hydrogen) atoms. The fourth-order valence-electron chi connectivity index (χ4n) is 2.19. The molecular weight excluding hydrogens is 374 g/mol. The lowest BCUT2D eigenvalue weighted by atomic mass is 10.1. The first-order valence-electron chi connectivity index (χ1n) is 8.13. The Morgan fingerprint density at radius 2 is 2.04 bits per heavy atom. The van der Waals surface area contributed by atoms with Crippen LogP contribution in [0.15, 0.2) is 41.7 Å². The van der Waals surface area contributed by atoms with Crippen molar-refractivity contribution in [1.82, 2.24) is 15.3 Å². The summed E-state index contributed by atoms with van der Waals surface area (Å²) >= 11 is 7.51. The molecule has 0 aliphatic rings. The zero-order valence-corrected chi connectivity index (χ0v) is 16.1. The maximum absolute atomic E-state index is 12.6. The summed E-state index contributed by atoms with van der Waals surface area (Å²) in [5.74, 6) is -0.239. The number of hydrogen-bond donors (Lipinski definition) is 1. The minimum absolute atomic E-state index is 0.0437. The van der Waals surface area contributed by atoms with E-state index < -0.39 is 17.9 Å². The van der Waals surface area contributed by atoms with E-state index >= 15 is 0 Å². The highest BCUT2D eigenvalue weighted by Gasteiger charge is 2.24. The number of nitrogens with zero attached hydrogens (tertiary/aromatic N) is 2. The molecule has 1 aromatic heterocycles. The highest BCUT2D eigenvalue weighted by molar-refractivity contribution is 7.99. The molecular formula is C18H20ClN3O3S. The van der Waals surface area contributed by atoms with Crippen LogP contribution < -0.4 is 5.32 Å². The molecule has 0 radical (unpaired) electrons. The Labute approximate surface area is 161 Å². The predicted octanol–water partition coefficient (Wildman–Crippen LogP) is 3.15. The fraction of sp³-hybridized carbons (Fsp3) is 0.333. The third-order valence-electron chi connectivity index (χ3n) is 3.45. The van der Waals surface area contributed by atoms with Gasteiger partial charge in [0.1, 0.15) is 6.04 Å². The van der Waals surface area contributed by atoms with Gasteiger partial charge in [0.2, 0.25) is 0 Å². The first-order valence-corrected chi connectivity index (χ1v) is 9.49. The summed E-state index contributed by atoms with van der Waals surface area (Å²) in [6, 6.07) is 8.52. The molecule has 138 valence electrons. The number of thioether (sulfide) groups is 1. The number of nitrogens with one attached hydrogen (secondary N) is 1. The Morgan fingerprint density at radius 1 is 1.31 bits per heavy atom. The number of halogens is 1. The zero-order valence-electron chi connectivity index (χ0n) is 14.6. The average molecular weight is 394 g/mol. The third kappa shape index (κ3) is 5.71. The van der Waals surface area contributed by atoms with Crippen molar-refractivity contribution in [3.8, 4) is 0 Å². The maximum atomic E-state index is 12.6. The van der Waals surface area contributed by atoms with E-state index in [2.05, 4.69) is 15.3 Å². The van der Waals surface area contributed by atoms with Gasteiger partial charge in [-0.15, -0.1) is 0 Å². The Kier molecular flexibility index (Phi) is 7.87. The molecule has 2 rings (SSSR count). The predicted molar refractivity (Wildman–Crippen MR) is 101 cm³/mol. The van der Waals surface area contributed by atoms with E-state index in [0.29, 0.717) is 11.6 Å². The van der Waals surface area contributed by atoms with Crippen LogP contribution in [0.2, 0.25) is 5.02 Å². The second kappa shape index (κ2) is 10.1. The first kappa shape index (κ1) is 20.2. The quantitative estimate of drug-likeness (QED) is 0.421. The standard InChI is InChI=1S/C18H20ClN3O3S/c1-3-9-26-18-20-11-13(19)15(22-18)16(23)21-14(17(24)25-2)10-12-7-5-4-6-8-12/h4-8,11,14H,3,9-10H2,1-2H3,(H,21,23)/t14-/m1/s1. The molecule has 1 N–H and O–H groups in total. The highest BCUT2D eigenvalue weighted by atomic mass is 35.5. The normalized spacial score (nSPS) is 11.7. The van der Waals surface area contributed by atoms with Crippen molar-refractivity contribution in [2.24, 2.45) is 0 Å². The molecule has 1 atom stereocenters. The molecule has 8 heteroatoms. The Hall–Kier alpha value is -2.12. The van der Waals surface area contributed by atoms with Crippen LogP contribution in [0.1, 0.15) is 29.4 Å². The van der Waals surface area contributed by atoms with Crippen molar-refractivity contribution in [3.05, 3.63) is 52.8 Å². The topological polar surface area (TPSA) is 81.2 Å². The number of esters is 1. The molecule has 1 amide bonds. The van der Waals surface area contributed by atoms with Gasteiger partial charge in [-0.25, -0.2) is 14.8 Å². The van der Waals surface area contributed by atoms with Crippen LogP contribution in [-0.2, 0) is 16.0 Å². The summed E-state index contributed by atoms with van der Waals surface area (Å²) in [5, 5.41) is 3.26. The summed E-state index contributed by atoms with van der Waals surface area (Å²) in [6.45, 7) is 2.04. The second-order valence-electron chi connectivity index (χ2n) is 5.44. The van der Waals surface area contributed by atoms with Gasteiger partial charge in [-0.1, -0.05) is 60.6 Å². The summed E-state index contributed by atoms with van der Waals surface area (Å²) < 4.78 is 4.80. The minimum atomic E-state index is -0.840. The van der Waals surface area contributed by atoms with Crippen molar-refractivity contribution in [2.75, 3.05) is 12.9 Å². The van der Waals surface area contributed by atoms with Gasteiger partial charge in [-0.05, 0) is 12.0 Å². The number of rotatable bonds is 8. The smallest absolute Gasteiger partial charge is 0.328 e. The number of ether oxygens (including phenoxy) is 1. The highest BCUT2D eigenvalue weighted by Crippen LogP contribution is 2.19. The summed E-state index contributed by atoms with van der Waals surface area (Å²) in [7, 11) is 1.28. The molecule has 0 unspecified atom stereocenters. The molecule has 0 fully saturated rings. The lowest BCUT2D eigenvalue weighted by molar-refractivity contribution is -0.142. The molecule has 6 nitrogen and oxygen atoms in total. The fourth-order valence-corrected chi connectivity index (χ4v) is 3.03. The molecule has 0 saturated carbocycles. The maximum Gasteiger partial charge on any atom is 0.328 e. The molecule has 1 aromatic carbocycles. The van der Waals surface area contributed by atoms with E-state index in [4.69, 9.17) is 16.3 Å². The third-order valence-corrected chi connectivity index (χ3v) is 4.79. The van der Waals surface area contributed by atoms with Crippen LogP contribution in [0.5, 0.6) is 0 Å². The number of hydrogen-bond acceptors (Lipinski definition) is 6.